The van der Waals surface area contributed by atoms with E-state index >= 15 is 0 Å². The topological polar surface area (TPSA) is 24.9 Å². The molecule has 1 heterocycles. The summed E-state index contributed by atoms with van der Waals surface area (Å²) in [7, 11) is 0. The molecule has 1 fully saturated rings. The van der Waals surface area contributed by atoms with Crippen LogP contribution in [-0.4, -0.2) is 17.6 Å². The quantitative estimate of drug-likeness (QED) is 0.905. The van der Waals surface area contributed by atoms with E-state index < -0.39 is 0 Å². The highest BCUT2D eigenvalue weighted by Gasteiger charge is 2.36. The normalized spacial score (nSPS) is 26.2. The van der Waals surface area contributed by atoms with E-state index in [-0.39, 0.29) is 5.41 Å². The fourth-order valence-electron chi connectivity index (χ4n) is 3.43. The second-order valence-electron chi connectivity index (χ2n) is 6.37. The van der Waals surface area contributed by atoms with Gasteiger partial charge in [-0.3, -0.25) is 4.98 Å². The Balaban J connectivity index is 1.83. The van der Waals surface area contributed by atoms with Crippen molar-refractivity contribution in [1.82, 2.24) is 10.3 Å². The van der Waals surface area contributed by atoms with Crippen molar-refractivity contribution in [3.63, 3.8) is 0 Å². The van der Waals surface area contributed by atoms with E-state index in [0.29, 0.717) is 6.04 Å². The van der Waals surface area contributed by atoms with Crippen molar-refractivity contribution in [2.45, 2.75) is 51.0 Å². The summed E-state index contributed by atoms with van der Waals surface area (Å²) in [6.45, 7) is 5.76. The molecule has 0 spiro atoms. The Hall–Kier alpha value is -1.41. The van der Waals surface area contributed by atoms with Gasteiger partial charge >= 0.3 is 0 Å². The van der Waals surface area contributed by atoms with Gasteiger partial charge in [0.05, 0.1) is 5.52 Å². The lowest BCUT2D eigenvalue weighted by molar-refractivity contribution is 0.452. The minimum atomic E-state index is 0.280. The number of nitrogens with zero attached hydrogens (tertiary/aromatic N) is 1. The van der Waals surface area contributed by atoms with Crippen molar-refractivity contribution in [2.75, 3.05) is 6.54 Å². The van der Waals surface area contributed by atoms with Gasteiger partial charge in [-0.2, -0.15) is 0 Å². The molecule has 20 heavy (non-hydrogen) atoms. The summed E-state index contributed by atoms with van der Waals surface area (Å²) in [4.78, 5) is 4.64. The number of rotatable bonds is 4. The molecular weight excluding hydrogens is 244 g/mol. The first-order valence-electron chi connectivity index (χ1n) is 7.80. The Kier molecular flexibility index (Phi) is 3.75. The van der Waals surface area contributed by atoms with E-state index in [2.05, 4.69) is 60.7 Å². The second-order valence-corrected chi connectivity index (χ2v) is 6.37. The van der Waals surface area contributed by atoms with Gasteiger partial charge in [-0.1, -0.05) is 32.0 Å². The number of benzene rings is 1. The summed E-state index contributed by atoms with van der Waals surface area (Å²) in [5, 5.41) is 4.93. The van der Waals surface area contributed by atoms with E-state index in [0.717, 1.165) is 12.1 Å². The lowest BCUT2D eigenvalue weighted by Crippen LogP contribution is -2.29. The summed E-state index contributed by atoms with van der Waals surface area (Å²) < 4.78 is 0. The lowest BCUT2D eigenvalue weighted by Gasteiger charge is -2.25. The molecule has 0 saturated heterocycles. The standard InChI is InChI=1S/C18H24N2/c1-3-10-19-16-8-9-18(2,12-16)15-11-14-6-4-5-7-17(14)20-13-15/h4-7,11,13,16,19H,3,8-10,12H2,1-2H3. The van der Waals surface area contributed by atoms with Crippen molar-refractivity contribution in [3.05, 3.63) is 42.1 Å². The third-order valence-electron chi connectivity index (χ3n) is 4.71. The van der Waals surface area contributed by atoms with Crippen LogP contribution in [0.4, 0.5) is 0 Å². The average molecular weight is 268 g/mol. The Labute approximate surface area is 121 Å². The third kappa shape index (κ3) is 2.57. The summed E-state index contributed by atoms with van der Waals surface area (Å²) in [6, 6.07) is 11.4. The number of para-hydroxylation sites is 1. The minimum Gasteiger partial charge on any atom is -0.314 e. The highest BCUT2D eigenvalue weighted by atomic mass is 14.9. The fraction of sp³-hybridized carbons (Fsp3) is 0.500. The maximum atomic E-state index is 4.64. The van der Waals surface area contributed by atoms with Gasteiger partial charge in [-0.05, 0) is 55.3 Å². The SMILES string of the molecule is CCCNC1CCC(C)(c2cnc3ccccc3c2)C1. The molecule has 0 radical (unpaired) electrons. The van der Waals surface area contributed by atoms with Crippen LogP contribution in [0.2, 0.25) is 0 Å². The van der Waals surface area contributed by atoms with Gasteiger partial charge < -0.3 is 5.32 Å². The zero-order valence-corrected chi connectivity index (χ0v) is 12.5. The van der Waals surface area contributed by atoms with Crippen molar-refractivity contribution >= 4 is 10.9 Å². The summed E-state index contributed by atoms with van der Waals surface area (Å²) in [6.07, 6.45) is 7.07. The molecule has 106 valence electrons. The number of hydrogen-bond donors (Lipinski definition) is 1. The Morgan fingerprint density at radius 1 is 1.35 bits per heavy atom. The first-order chi connectivity index (χ1) is 9.71. The summed E-state index contributed by atoms with van der Waals surface area (Å²) in [5.74, 6) is 0. The predicted molar refractivity (Wildman–Crippen MR) is 85.0 cm³/mol. The molecular formula is C18H24N2. The zero-order valence-electron chi connectivity index (χ0n) is 12.5. The first kappa shape index (κ1) is 13.6. The summed E-state index contributed by atoms with van der Waals surface area (Å²) in [5.41, 5.74) is 2.78. The van der Waals surface area contributed by atoms with Gasteiger partial charge in [0.15, 0.2) is 0 Å². The predicted octanol–water partition coefficient (Wildman–Crippen LogP) is 4.04. The fourth-order valence-corrected chi connectivity index (χ4v) is 3.43. The molecule has 1 aliphatic carbocycles. The minimum absolute atomic E-state index is 0.280. The van der Waals surface area contributed by atoms with Gasteiger partial charge in [0.1, 0.15) is 0 Å². The van der Waals surface area contributed by atoms with Gasteiger partial charge in [-0.25, -0.2) is 0 Å². The molecule has 2 nitrogen and oxygen atoms in total. The van der Waals surface area contributed by atoms with E-state index in [1.165, 1.54) is 36.6 Å². The second kappa shape index (κ2) is 5.53. The van der Waals surface area contributed by atoms with Crippen LogP contribution in [0.15, 0.2) is 36.5 Å². The zero-order chi connectivity index (χ0) is 14.0. The van der Waals surface area contributed by atoms with Crippen molar-refractivity contribution < 1.29 is 0 Å². The smallest absolute Gasteiger partial charge is 0.0702 e. The maximum absolute atomic E-state index is 4.64. The van der Waals surface area contributed by atoms with E-state index in [1.54, 1.807) is 0 Å². The van der Waals surface area contributed by atoms with Crippen molar-refractivity contribution in [1.29, 1.82) is 0 Å². The maximum Gasteiger partial charge on any atom is 0.0702 e. The number of fused-ring (bicyclic) bond motifs is 1. The van der Waals surface area contributed by atoms with E-state index in [1.807, 2.05) is 0 Å². The van der Waals surface area contributed by atoms with Crippen LogP contribution >= 0.6 is 0 Å². The molecule has 1 N–H and O–H groups in total. The molecule has 1 aromatic heterocycles. The molecule has 0 aliphatic heterocycles. The molecule has 3 rings (SSSR count). The van der Waals surface area contributed by atoms with E-state index in [4.69, 9.17) is 0 Å². The molecule has 2 heteroatoms. The van der Waals surface area contributed by atoms with Crippen LogP contribution in [0.5, 0.6) is 0 Å². The van der Waals surface area contributed by atoms with Crippen LogP contribution in [0.25, 0.3) is 10.9 Å². The number of pyridine rings is 1. The Bertz CT molecular complexity index is 593. The van der Waals surface area contributed by atoms with Crippen LogP contribution in [-0.2, 0) is 5.41 Å². The molecule has 1 aromatic carbocycles. The number of nitrogens with one attached hydrogen (secondary N) is 1. The number of aromatic nitrogens is 1. The molecule has 2 aromatic rings. The lowest BCUT2D eigenvalue weighted by atomic mass is 9.81. The Morgan fingerprint density at radius 3 is 3.05 bits per heavy atom. The monoisotopic (exact) mass is 268 g/mol. The van der Waals surface area contributed by atoms with Gasteiger partial charge in [-0.15, -0.1) is 0 Å². The van der Waals surface area contributed by atoms with Crippen molar-refractivity contribution in [3.8, 4) is 0 Å². The third-order valence-corrected chi connectivity index (χ3v) is 4.71. The highest BCUT2D eigenvalue weighted by Crippen LogP contribution is 2.41. The first-order valence-corrected chi connectivity index (χ1v) is 7.80. The van der Waals surface area contributed by atoms with Crippen LogP contribution < -0.4 is 5.32 Å². The van der Waals surface area contributed by atoms with Crippen LogP contribution in [0, 0.1) is 0 Å². The van der Waals surface area contributed by atoms with Gasteiger partial charge in [0.25, 0.3) is 0 Å². The molecule has 1 saturated carbocycles. The largest absolute Gasteiger partial charge is 0.314 e. The highest BCUT2D eigenvalue weighted by molar-refractivity contribution is 5.79. The molecule has 1 aliphatic rings. The van der Waals surface area contributed by atoms with E-state index in [9.17, 15) is 0 Å². The van der Waals surface area contributed by atoms with Crippen LogP contribution in [0.3, 0.4) is 0 Å². The molecule has 0 amide bonds. The molecule has 0 bridgehead atoms. The van der Waals surface area contributed by atoms with Gasteiger partial charge in [0.2, 0.25) is 0 Å². The van der Waals surface area contributed by atoms with Crippen LogP contribution in [0.1, 0.15) is 45.1 Å². The average Bonchev–Trinajstić information content (AvgIpc) is 2.87. The molecule has 2 atom stereocenters. The molecule has 2 unspecified atom stereocenters. The Morgan fingerprint density at radius 2 is 2.20 bits per heavy atom. The van der Waals surface area contributed by atoms with Gasteiger partial charge in [0, 0.05) is 17.6 Å². The summed E-state index contributed by atoms with van der Waals surface area (Å²) >= 11 is 0. The van der Waals surface area contributed by atoms with Crippen molar-refractivity contribution in [2.24, 2.45) is 0 Å². The number of hydrogen-bond acceptors (Lipinski definition) is 2.